The van der Waals surface area contributed by atoms with Gasteiger partial charge in [-0.3, -0.25) is 9.59 Å². The van der Waals surface area contributed by atoms with Gasteiger partial charge in [-0.1, -0.05) is 61.3 Å². The molecule has 0 bridgehead atoms. The van der Waals surface area contributed by atoms with E-state index in [1.807, 2.05) is 48.5 Å². The van der Waals surface area contributed by atoms with Crippen molar-refractivity contribution in [2.24, 2.45) is 0 Å². The second-order valence-corrected chi connectivity index (χ2v) is 7.14. The molecule has 0 aromatic heterocycles. The number of aryl methyl sites for hydroxylation is 2. The lowest BCUT2D eigenvalue weighted by atomic mass is 10.0. The number of Topliss-reactive ketones (excluding diaryl/α,β-unsaturated/α-hetero) is 2. The van der Waals surface area contributed by atoms with Gasteiger partial charge in [-0.2, -0.15) is 0 Å². The number of rotatable bonds is 6. The summed E-state index contributed by atoms with van der Waals surface area (Å²) in [6.45, 7) is 4.11. The summed E-state index contributed by atoms with van der Waals surface area (Å²) >= 11 is 12.4. The first-order valence-corrected chi connectivity index (χ1v) is 9.81. The summed E-state index contributed by atoms with van der Waals surface area (Å²) in [4.78, 5) is 25.4. The van der Waals surface area contributed by atoms with E-state index in [9.17, 15) is 9.59 Å². The van der Waals surface area contributed by atoms with Crippen molar-refractivity contribution in [1.29, 1.82) is 0 Å². The molecule has 0 unspecified atom stereocenters. The van der Waals surface area contributed by atoms with E-state index in [-0.39, 0.29) is 21.5 Å². The predicted molar refractivity (Wildman–Crippen MR) is 115 cm³/mol. The molecular weight excluding hydrogens is 395 g/mol. The highest BCUT2D eigenvalue weighted by molar-refractivity contribution is 6.56. The number of hydrogen-bond acceptors (Lipinski definition) is 4. The van der Waals surface area contributed by atoms with Gasteiger partial charge in [0, 0.05) is 11.4 Å². The molecule has 3 rings (SSSR count). The highest BCUT2D eigenvalue weighted by atomic mass is 35.5. The third-order valence-electron chi connectivity index (χ3n) is 4.55. The fourth-order valence-corrected chi connectivity index (χ4v) is 3.26. The summed E-state index contributed by atoms with van der Waals surface area (Å²) in [7, 11) is 0. The SMILES string of the molecule is CCc1ccc(NC2=C(Cl)C(=O)C(Nc3ccc(CC)cc3)=C(Cl)C2=O)cc1. The van der Waals surface area contributed by atoms with Crippen molar-refractivity contribution in [2.75, 3.05) is 10.6 Å². The van der Waals surface area contributed by atoms with Gasteiger partial charge >= 0.3 is 0 Å². The van der Waals surface area contributed by atoms with Crippen LogP contribution in [0, 0.1) is 0 Å². The molecule has 6 heteroatoms. The van der Waals surface area contributed by atoms with E-state index in [1.165, 1.54) is 0 Å². The molecule has 0 atom stereocenters. The van der Waals surface area contributed by atoms with E-state index >= 15 is 0 Å². The lowest BCUT2D eigenvalue weighted by Gasteiger charge is -2.20. The molecule has 0 aliphatic heterocycles. The summed E-state index contributed by atoms with van der Waals surface area (Å²) in [5.74, 6) is -1.06. The van der Waals surface area contributed by atoms with E-state index in [0.29, 0.717) is 11.4 Å². The van der Waals surface area contributed by atoms with Gasteiger partial charge in [0.15, 0.2) is 0 Å². The minimum atomic E-state index is -0.529. The van der Waals surface area contributed by atoms with Crippen LogP contribution in [0.25, 0.3) is 0 Å². The number of carbonyl (C=O) groups is 2. The van der Waals surface area contributed by atoms with E-state index in [0.717, 1.165) is 24.0 Å². The Hall–Kier alpha value is -2.56. The Bertz CT molecular complexity index is 893. The molecule has 4 nitrogen and oxygen atoms in total. The zero-order chi connectivity index (χ0) is 20.3. The molecule has 0 spiro atoms. The molecule has 144 valence electrons. The number of carbonyl (C=O) groups excluding carboxylic acids is 2. The smallest absolute Gasteiger partial charge is 0.224 e. The number of anilines is 2. The van der Waals surface area contributed by atoms with Crippen LogP contribution in [0.3, 0.4) is 0 Å². The summed E-state index contributed by atoms with van der Waals surface area (Å²) in [6.07, 6.45) is 1.81. The average Bonchev–Trinajstić information content (AvgIpc) is 2.73. The molecular formula is C22H20Cl2N2O2. The largest absolute Gasteiger partial charge is 0.351 e. The summed E-state index contributed by atoms with van der Waals surface area (Å²) in [5, 5.41) is 5.46. The fraction of sp³-hybridized carbons (Fsp3) is 0.182. The van der Waals surface area contributed by atoms with Crippen molar-refractivity contribution < 1.29 is 9.59 Å². The van der Waals surface area contributed by atoms with Gasteiger partial charge in [0.25, 0.3) is 0 Å². The normalized spacial score (nSPS) is 14.6. The fourth-order valence-electron chi connectivity index (χ4n) is 2.81. The molecule has 28 heavy (non-hydrogen) atoms. The second kappa shape index (κ2) is 8.63. The van der Waals surface area contributed by atoms with Crippen LogP contribution < -0.4 is 10.6 Å². The third kappa shape index (κ3) is 4.13. The number of nitrogens with one attached hydrogen (secondary N) is 2. The van der Waals surface area contributed by atoms with Crippen LogP contribution in [0.5, 0.6) is 0 Å². The molecule has 0 saturated carbocycles. The number of benzene rings is 2. The quantitative estimate of drug-likeness (QED) is 0.622. The topological polar surface area (TPSA) is 58.2 Å². The zero-order valence-electron chi connectivity index (χ0n) is 15.6. The maximum atomic E-state index is 12.7. The monoisotopic (exact) mass is 414 g/mol. The highest BCUT2D eigenvalue weighted by Crippen LogP contribution is 2.31. The second-order valence-electron chi connectivity index (χ2n) is 6.39. The number of halogens is 2. The Morgan fingerprint density at radius 1 is 0.643 bits per heavy atom. The standard InChI is InChI=1S/C22H20Cl2N2O2/c1-3-13-5-9-15(10-6-13)25-19-17(23)22(28)20(18(24)21(19)27)26-16-11-7-14(4-2)8-12-16/h5-12,25-26H,3-4H2,1-2H3. The van der Waals surface area contributed by atoms with Crippen molar-refractivity contribution in [3.8, 4) is 0 Å². The minimum Gasteiger partial charge on any atom is -0.351 e. The van der Waals surface area contributed by atoms with Gasteiger partial charge in [-0.25, -0.2) is 0 Å². The van der Waals surface area contributed by atoms with Crippen molar-refractivity contribution in [2.45, 2.75) is 26.7 Å². The van der Waals surface area contributed by atoms with Gasteiger partial charge in [0.1, 0.15) is 21.5 Å². The highest BCUT2D eigenvalue weighted by Gasteiger charge is 2.33. The Morgan fingerprint density at radius 3 is 1.25 bits per heavy atom. The number of allylic oxidation sites excluding steroid dienone is 2. The Kier molecular flexibility index (Phi) is 6.22. The van der Waals surface area contributed by atoms with E-state index in [2.05, 4.69) is 24.5 Å². The summed E-state index contributed by atoms with van der Waals surface area (Å²) in [5.41, 5.74) is 3.59. The van der Waals surface area contributed by atoms with Crippen molar-refractivity contribution in [1.82, 2.24) is 0 Å². The van der Waals surface area contributed by atoms with E-state index < -0.39 is 11.6 Å². The van der Waals surface area contributed by atoms with Gasteiger partial charge in [0.05, 0.1) is 0 Å². The zero-order valence-corrected chi connectivity index (χ0v) is 17.1. The molecule has 0 amide bonds. The van der Waals surface area contributed by atoms with Crippen LogP contribution in [-0.2, 0) is 22.4 Å². The molecule has 0 heterocycles. The van der Waals surface area contributed by atoms with Crippen LogP contribution in [-0.4, -0.2) is 11.6 Å². The van der Waals surface area contributed by atoms with Gasteiger partial charge in [-0.05, 0) is 48.2 Å². The minimum absolute atomic E-state index is 0.0206. The Morgan fingerprint density at radius 2 is 0.964 bits per heavy atom. The van der Waals surface area contributed by atoms with Crippen molar-refractivity contribution >= 4 is 46.1 Å². The maximum absolute atomic E-state index is 12.7. The average molecular weight is 415 g/mol. The molecule has 1 aliphatic rings. The van der Waals surface area contributed by atoms with Crippen LogP contribution in [0.1, 0.15) is 25.0 Å². The van der Waals surface area contributed by atoms with Crippen LogP contribution in [0.2, 0.25) is 0 Å². The first kappa shape index (κ1) is 20.2. The predicted octanol–water partition coefficient (Wildman–Crippen LogP) is 5.39. The molecule has 2 N–H and O–H groups in total. The van der Waals surface area contributed by atoms with E-state index in [1.54, 1.807) is 0 Å². The van der Waals surface area contributed by atoms with Crippen molar-refractivity contribution in [3.05, 3.63) is 81.1 Å². The van der Waals surface area contributed by atoms with Crippen LogP contribution in [0.15, 0.2) is 70.0 Å². The molecule has 0 saturated heterocycles. The third-order valence-corrected chi connectivity index (χ3v) is 5.28. The number of ketones is 2. The molecule has 1 aliphatic carbocycles. The van der Waals surface area contributed by atoms with Crippen LogP contribution in [0.4, 0.5) is 11.4 Å². The lowest BCUT2D eigenvalue weighted by Crippen LogP contribution is -2.27. The molecule has 0 radical (unpaired) electrons. The Labute approximate surface area is 174 Å². The van der Waals surface area contributed by atoms with Gasteiger partial charge in [-0.15, -0.1) is 0 Å². The summed E-state index contributed by atoms with van der Waals surface area (Å²) < 4.78 is 0. The molecule has 2 aromatic rings. The Balaban J connectivity index is 1.84. The number of hydrogen-bond donors (Lipinski definition) is 2. The molecule has 0 fully saturated rings. The van der Waals surface area contributed by atoms with E-state index in [4.69, 9.17) is 23.2 Å². The van der Waals surface area contributed by atoms with Gasteiger partial charge in [0.2, 0.25) is 11.6 Å². The first-order valence-electron chi connectivity index (χ1n) is 9.05. The van der Waals surface area contributed by atoms with Gasteiger partial charge < -0.3 is 10.6 Å². The lowest BCUT2D eigenvalue weighted by molar-refractivity contribution is -0.115. The van der Waals surface area contributed by atoms with Crippen LogP contribution >= 0.6 is 23.2 Å². The van der Waals surface area contributed by atoms with Crippen molar-refractivity contribution in [3.63, 3.8) is 0 Å². The first-order chi connectivity index (χ1) is 13.4. The maximum Gasteiger partial charge on any atom is 0.224 e. The molecule has 2 aromatic carbocycles. The summed E-state index contributed by atoms with van der Waals surface area (Å²) in [6, 6.07) is 15.1.